The third kappa shape index (κ3) is 2.30. The van der Waals surface area contributed by atoms with Crippen LogP contribution in [0.2, 0.25) is 5.02 Å². The molecule has 4 rings (SSSR count). The third-order valence-corrected chi connectivity index (χ3v) is 4.67. The Bertz CT molecular complexity index is 928. The normalized spacial score (nSPS) is 14.8. The summed E-state index contributed by atoms with van der Waals surface area (Å²) in [7, 11) is 0. The lowest BCUT2D eigenvalue weighted by Crippen LogP contribution is -2.50. The standard InChI is InChI=1S/C17H16ClN5O/c1-10(24)22-8-13(9-22)23-14-6-7-20-17(19)15(14)16(21-23)11-2-4-12(18)5-3-11/h2-7,13H,8-9H2,1H3,(H2,19,20). The average Bonchev–Trinajstić information content (AvgIpc) is 2.87. The highest BCUT2D eigenvalue weighted by Gasteiger charge is 2.32. The van der Waals surface area contributed by atoms with E-state index in [1.54, 1.807) is 18.0 Å². The molecule has 1 aliphatic rings. The van der Waals surface area contributed by atoms with Crippen molar-refractivity contribution in [1.29, 1.82) is 0 Å². The summed E-state index contributed by atoms with van der Waals surface area (Å²) in [4.78, 5) is 17.4. The fraction of sp³-hybridized carbons (Fsp3) is 0.235. The summed E-state index contributed by atoms with van der Waals surface area (Å²) in [5, 5.41) is 6.29. The van der Waals surface area contributed by atoms with Gasteiger partial charge in [-0.05, 0) is 18.2 Å². The molecule has 0 saturated carbocycles. The molecular formula is C17H16ClN5O. The maximum atomic E-state index is 11.4. The number of nitrogen functional groups attached to an aromatic ring is 1. The van der Waals surface area contributed by atoms with Crippen LogP contribution >= 0.6 is 11.6 Å². The molecule has 24 heavy (non-hydrogen) atoms. The van der Waals surface area contributed by atoms with E-state index < -0.39 is 0 Å². The average molecular weight is 342 g/mol. The number of halogens is 1. The van der Waals surface area contributed by atoms with Gasteiger partial charge in [0.2, 0.25) is 5.91 Å². The summed E-state index contributed by atoms with van der Waals surface area (Å²) in [6, 6.07) is 9.56. The minimum absolute atomic E-state index is 0.0850. The van der Waals surface area contributed by atoms with Crippen LogP contribution in [0.15, 0.2) is 36.5 Å². The van der Waals surface area contributed by atoms with Gasteiger partial charge < -0.3 is 10.6 Å². The van der Waals surface area contributed by atoms with Crippen molar-refractivity contribution in [1.82, 2.24) is 19.7 Å². The molecule has 0 aliphatic carbocycles. The Kier molecular flexibility index (Phi) is 3.42. The lowest BCUT2D eigenvalue weighted by molar-refractivity contribution is -0.134. The second kappa shape index (κ2) is 5.49. The molecule has 3 heterocycles. The topological polar surface area (TPSA) is 77.0 Å². The molecule has 1 amide bonds. The Balaban J connectivity index is 1.83. The number of nitrogens with zero attached hydrogens (tertiary/aromatic N) is 4. The number of hydrogen-bond acceptors (Lipinski definition) is 4. The molecule has 2 N–H and O–H groups in total. The van der Waals surface area contributed by atoms with Gasteiger partial charge in [-0.25, -0.2) is 4.98 Å². The van der Waals surface area contributed by atoms with E-state index in [0.29, 0.717) is 23.9 Å². The van der Waals surface area contributed by atoms with Gasteiger partial charge in [0.1, 0.15) is 11.5 Å². The van der Waals surface area contributed by atoms with Crippen LogP contribution in [0.25, 0.3) is 22.2 Å². The minimum Gasteiger partial charge on any atom is -0.383 e. The van der Waals surface area contributed by atoms with Crippen LogP contribution in [-0.4, -0.2) is 38.7 Å². The molecular weight excluding hydrogens is 326 g/mol. The van der Waals surface area contributed by atoms with Crippen molar-refractivity contribution in [2.45, 2.75) is 13.0 Å². The van der Waals surface area contributed by atoms with Gasteiger partial charge in [0.15, 0.2) is 0 Å². The SMILES string of the molecule is CC(=O)N1CC(n2nc(-c3ccc(Cl)cc3)c3c(N)nccc32)C1. The van der Waals surface area contributed by atoms with Crippen LogP contribution in [0.4, 0.5) is 5.82 Å². The molecule has 1 saturated heterocycles. The Morgan fingerprint density at radius 2 is 1.96 bits per heavy atom. The number of carbonyl (C=O) groups excluding carboxylic acids is 1. The second-order valence-electron chi connectivity index (χ2n) is 5.97. The van der Waals surface area contributed by atoms with Crippen LogP contribution in [0.1, 0.15) is 13.0 Å². The quantitative estimate of drug-likeness (QED) is 0.777. The number of anilines is 1. The molecule has 0 radical (unpaired) electrons. The molecule has 3 aromatic rings. The van der Waals surface area contributed by atoms with Gasteiger partial charge in [0.25, 0.3) is 0 Å². The Labute approximate surface area is 143 Å². The number of hydrogen-bond donors (Lipinski definition) is 1. The number of carbonyl (C=O) groups is 1. The van der Waals surface area contributed by atoms with Crippen LogP contribution in [0.3, 0.4) is 0 Å². The summed E-state index contributed by atoms with van der Waals surface area (Å²) in [5.41, 5.74) is 8.77. The predicted molar refractivity (Wildman–Crippen MR) is 93.7 cm³/mol. The third-order valence-electron chi connectivity index (χ3n) is 4.42. The number of likely N-dealkylation sites (tertiary alicyclic amines) is 1. The molecule has 0 unspecified atom stereocenters. The van der Waals surface area contributed by atoms with Gasteiger partial charge in [0, 0.05) is 36.8 Å². The number of fused-ring (bicyclic) bond motifs is 1. The number of rotatable bonds is 2. The van der Waals surface area contributed by atoms with Crippen LogP contribution in [0, 0.1) is 0 Å². The predicted octanol–water partition coefficient (Wildman–Crippen LogP) is 2.74. The molecule has 7 heteroatoms. The van der Waals surface area contributed by atoms with Gasteiger partial charge in [-0.3, -0.25) is 9.48 Å². The summed E-state index contributed by atoms with van der Waals surface area (Å²) in [5.74, 6) is 0.535. The van der Waals surface area contributed by atoms with E-state index >= 15 is 0 Å². The van der Waals surface area contributed by atoms with E-state index in [2.05, 4.69) is 4.98 Å². The van der Waals surface area contributed by atoms with Crippen molar-refractivity contribution in [2.75, 3.05) is 18.8 Å². The number of amides is 1. The van der Waals surface area contributed by atoms with Gasteiger partial charge in [-0.15, -0.1) is 0 Å². The van der Waals surface area contributed by atoms with Gasteiger partial charge in [0.05, 0.1) is 16.9 Å². The van der Waals surface area contributed by atoms with Gasteiger partial charge in [-0.1, -0.05) is 23.7 Å². The fourth-order valence-electron chi connectivity index (χ4n) is 3.07. The summed E-state index contributed by atoms with van der Waals surface area (Å²) in [6.07, 6.45) is 1.68. The van der Waals surface area contributed by atoms with Crippen molar-refractivity contribution in [2.24, 2.45) is 0 Å². The van der Waals surface area contributed by atoms with Crippen molar-refractivity contribution in [3.63, 3.8) is 0 Å². The highest BCUT2D eigenvalue weighted by Crippen LogP contribution is 2.35. The Morgan fingerprint density at radius 1 is 1.25 bits per heavy atom. The highest BCUT2D eigenvalue weighted by molar-refractivity contribution is 6.30. The lowest BCUT2D eigenvalue weighted by Gasteiger charge is -2.38. The molecule has 0 bridgehead atoms. The first-order chi connectivity index (χ1) is 11.5. The Hall–Kier alpha value is -2.60. The largest absolute Gasteiger partial charge is 0.383 e. The summed E-state index contributed by atoms with van der Waals surface area (Å²) < 4.78 is 1.96. The number of benzene rings is 1. The van der Waals surface area contributed by atoms with E-state index in [-0.39, 0.29) is 11.9 Å². The molecule has 1 aliphatic heterocycles. The van der Waals surface area contributed by atoms with E-state index in [9.17, 15) is 4.79 Å². The number of nitrogens with two attached hydrogens (primary N) is 1. The first kappa shape index (κ1) is 15.0. The van der Waals surface area contributed by atoms with Crippen LogP contribution in [-0.2, 0) is 4.79 Å². The molecule has 1 aromatic carbocycles. The maximum Gasteiger partial charge on any atom is 0.219 e. The first-order valence-electron chi connectivity index (χ1n) is 7.68. The summed E-state index contributed by atoms with van der Waals surface area (Å²) in [6.45, 7) is 2.90. The van der Waals surface area contributed by atoms with Crippen molar-refractivity contribution < 1.29 is 4.79 Å². The zero-order valence-corrected chi connectivity index (χ0v) is 13.9. The van der Waals surface area contributed by atoms with Crippen LogP contribution in [0.5, 0.6) is 0 Å². The van der Waals surface area contributed by atoms with E-state index in [4.69, 9.17) is 22.4 Å². The molecule has 122 valence electrons. The zero-order chi connectivity index (χ0) is 16.8. The molecule has 1 fully saturated rings. The smallest absolute Gasteiger partial charge is 0.219 e. The molecule has 0 spiro atoms. The van der Waals surface area contributed by atoms with Crippen LogP contribution < -0.4 is 5.73 Å². The van der Waals surface area contributed by atoms with E-state index in [1.807, 2.05) is 35.0 Å². The van der Waals surface area contributed by atoms with Gasteiger partial charge >= 0.3 is 0 Å². The minimum atomic E-state index is 0.0850. The zero-order valence-electron chi connectivity index (χ0n) is 13.1. The monoisotopic (exact) mass is 341 g/mol. The number of pyridine rings is 1. The molecule has 0 atom stereocenters. The molecule has 6 nitrogen and oxygen atoms in total. The second-order valence-corrected chi connectivity index (χ2v) is 6.40. The van der Waals surface area contributed by atoms with E-state index in [1.165, 1.54) is 0 Å². The van der Waals surface area contributed by atoms with Crippen molar-refractivity contribution in [3.05, 3.63) is 41.6 Å². The maximum absolute atomic E-state index is 11.4. The van der Waals surface area contributed by atoms with Crippen molar-refractivity contribution in [3.8, 4) is 11.3 Å². The lowest BCUT2D eigenvalue weighted by atomic mass is 10.1. The van der Waals surface area contributed by atoms with Crippen molar-refractivity contribution >= 4 is 34.2 Å². The summed E-state index contributed by atoms with van der Waals surface area (Å²) >= 11 is 5.98. The Morgan fingerprint density at radius 3 is 2.62 bits per heavy atom. The van der Waals surface area contributed by atoms with E-state index in [0.717, 1.165) is 22.2 Å². The number of aromatic nitrogens is 3. The fourth-order valence-corrected chi connectivity index (χ4v) is 3.19. The molecule has 2 aromatic heterocycles. The van der Waals surface area contributed by atoms with Gasteiger partial charge in [-0.2, -0.15) is 5.10 Å². The highest BCUT2D eigenvalue weighted by atomic mass is 35.5. The first-order valence-corrected chi connectivity index (χ1v) is 8.06.